The van der Waals surface area contributed by atoms with Crippen LogP contribution in [0.2, 0.25) is 0 Å². The van der Waals surface area contributed by atoms with E-state index in [-0.39, 0.29) is 5.95 Å². The van der Waals surface area contributed by atoms with E-state index in [1.807, 2.05) is 68.4 Å². The normalized spacial score (nSPS) is 10.6. The molecule has 8 nitrogen and oxygen atoms in total. The molecule has 0 radical (unpaired) electrons. The Morgan fingerprint density at radius 3 is 2.39 bits per heavy atom. The van der Waals surface area contributed by atoms with Crippen LogP contribution in [-0.2, 0) is 0 Å². The summed E-state index contributed by atoms with van der Waals surface area (Å²) in [6, 6.07) is 19.5. The Bertz CT molecular complexity index is 1100. The zero-order valence-corrected chi connectivity index (χ0v) is 15.6. The number of benzene rings is 2. The zero-order valence-electron chi connectivity index (χ0n) is 15.6. The fourth-order valence-electron chi connectivity index (χ4n) is 2.79. The molecular formula is C20H20N8. The summed E-state index contributed by atoms with van der Waals surface area (Å²) in [6.45, 7) is 3.84. The third-order valence-corrected chi connectivity index (χ3v) is 3.99. The van der Waals surface area contributed by atoms with Crippen LogP contribution in [0.5, 0.6) is 0 Å². The maximum absolute atomic E-state index is 6.08. The molecule has 0 saturated heterocycles. The molecule has 28 heavy (non-hydrogen) atoms. The van der Waals surface area contributed by atoms with Crippen molar-refractivity contribution < 1.29 is 0 Å². The van der Waals surface area contributed by atoms with Crippen LogP contribution >= 0.6 is 0 Å². The number of aromatic nitrogens is 5. The van der Waals surface area contributed by atoms with Crippen molar-refractivity contribution in [1.29, 1.82) is 0 Å². The monoisotopic (exact) mass is 372 g/mol. The first kappa shape index (κ1) is 17.5. The van der Waals surface area contributed by atoms with Crippen LogP contribution in [0, 0.1) is 13.8 Å². The predicted molar refractivity (Wildman–Crippen MR) is 110 cm³/mol. The van der Waals surface area contributed by atoms with E-state index in [0.29, 0.717) is 23.4 Å². The Balaban J connectivity index is 1.63. The fraction of sp³-hybridized carbons (Fsp3) is 0.100. The molecule has 2 aromatic heterocycles. The van der Waals surface area contributed by atoms with Crippen molar-refractivity contribution in [3.8, 4) is 5.82 Å². The Morgan fingerprint density at radius 1 is 0.821 bits per heavy atom. The summed E-state index contributed by atoms with van der Waals surface area (Å²) in [7, 11) is 0. The van der Waals surface area contributed by atoms with Gasteiger partial charge in [0.25, 0.3) is 0 Å². The van der Waals surface area contributed by atoms with Crippen LogP contribution in [-0.4, -0.2) is 24.7 Å². The number of nitrogens with one attached hydrogen (secondary N) is 2. The first-order valence-electron chi connectivity index (χ1n) is 8.81. The van der Waals surface area contributed by atoms with Gasteiger partial charge in [0.15, 0.2) is 5.82 Å². The highest BCUT2D eigenvalue weighted by Crippen LogP contribution is 2.20. The van der Waals surface area contributed by atoms with E-state index in [4.69, 9.17) is 5.73 Å². The number of nitrogens with zero attached hydrogens (tertiary/aromatic N) is 5. The lowest BCUT2D eigenvalue weighted by atomic mass is 10.2. The summed E-state index contributed by atoms with van der Waals surface area (Å²) >= 11 is 0. The van der Waals surface area contributed by atoms with Gasteiger partial charge < -0.3 is 16.4 Å². The second-order valence-electron chi connectivity index (χ2n) is 6.35. The van der Waals surface area contributed by atoms with Crippen molar-refractivity contribution in [3.63, 3.8) is 0 Å². The van der Waals surface area contributed by atoms with Gasteiger partial charge in [-0.3, -0.25) is 0 Å². The second-order valence-corrected chi connectivity index (χ2v) is 6.35. The molecule has 0 spiro atoms. The number of hydrogen-bond acceptors (Lipinski definition) is 7. The van der Waals surface area contributed by atoms with Gasteiger partial charge in [0, 0.05) is 17.4 Å². The maximum atomic E-state index is 6.08. The van der Waals surface area contributed by atoms with Gasteiger partial charge >= 0.3 is 0 Å². The Kier molecular flexibility index (Phi) is 4.59. The molecule has 0 fully saturated rings. The zero-order chi connectivity index (χ0) is 19.5. The van der Waals surface area contributed by atoms with Gasteiger partial charge in [-0.1, -0.05) is 30.3 Å². The van der Waals surface area contributed by atoms with Gasteiger partial charge in [-0.25, -0.2) is 9.97 Å². The summed E-state index contributed by atoms with van der Waals surface area (Å²) in [6.07, 6.45) is 0. The first-order chi connectivity index (χ1) is 13.6. The maximum Gasteiger partial charge on any atom is 0.248 e. The molecule has 8 heteroatoms. The Morgan fingerprint density at radius 2 is 1.61 bits per heavy atom. The summed E-state index contributed by atoms with van der Waals surface area (Å²) in [5.41, 5.74) is 9.04. The Hall–Kier alpha value is -3.94. The van der Waals surface area contributed by atoms with Gasteiger partial charge in [0.1, 0.15) is 11.6 Å². The second kappa shape index (κ2) is 7.36. The van der Waals surface area contributed by atoms with Crippen molar-refractivity contribution >= 4 is 29.1 Å². The van der Waals surface area contributed by atoms with E-state index in [9.17, 15) is 0 Å². The fourth-order valence-corrected chi connectivity index (χ4v) is 2.79. The number of para-hydroxylation sites is 1. The molecule has 2 aromatic carbocycles. The van der Waals surface area contributed by atoms with Crippen LogP contribution in [0.3, 0.4) is 0 Å². The van der Waals surface area contributed by atoms with Crippen molar-refractivity contribution in [1.82, 2.24) is 24.7 Å². The van der Waals surface area contributed by atoms with Crippen molar-refractivity contribution in [2.75, 3.05) is 16.4 Å². The quantitative estimate of drug-likeness (QED) is 0.490. The van der Waals surface area contributed by atoms with Gasteiger partial charge in [0.05, 0.1) is 0 Å². The van der Waals surface area contributed by atoms with Crippen molar-refractivity contribution in [2.45, 2.75) is 13.8 Å². The molecular weight excluding hydrogens is 352 g/mol. The van der Waals surface area contributed by atoms with E-state index in [2.05, 4.69) is 30.7 Å². The van der Waals surface area contributed by atoms with Crippen LogP contribution in [0.25, 0.3) is 5.82 Å². The molecule has 0 atom stereocenters. The summed E-state index contributed by atoms with van der Waals surface area (Å²) in [4.78, 5) is 13.2. The molecule has 4 aromatic rings. The first-order valence-corrected chi connectivity index (χ1v) is 8.81. The topological polar surface area (TPSA) is 107 Å². The number of hydrogen-bond donors (Lipinski definition) is 3. The smallest absolute Gasteiger partial charge is 0.248 e. The molecule has 0 aliphatic carbocycles. The molecule has 0 amide bonds. The lowest BCUT2D eigenvalue weighted by molar-refractivity contribution is 0.841. The molecule has 0 bridgehead atoms. The number of aryl methyl sites for hydroxylation is 2. The lowest BCUT2D eigenvalue weighted by Crippen LogP contribution is -2.08. The van der Waals surface area contributed by atoms with E-state index in [1.165, 1.54) is 4.68 Å². The predicted octanol–water partition coefficient (Wildman–Crippen LogP) is 3.74. The molecule has 0 aliphatic rings. The number of nitrogens with two attached hydrogens (primary N) is 1. The molecule has 0 aliphatic heterocycles. The highest BCUT2D eigenvalue weighted by Gasteiger charge is 2.12. The van der Waals surface area contributed by atoms with Crippen molar-refractivity contribution in [3.05, 3.63) is 72.1 Å². The minimum atomic E-state index is 0.235. The summed E-state index contributed by atoms with van der Waals surface area (Å²) in [5, 5.41) is 10.9. The molecule has 0 saturated carbocycles. The Labute approximate surface area is 162 Å². The van der Waals surface area contributed by atoms with E-state index < -0.39 is 0 Å². The van der Waals surface area contributed by atoms with Crippen LogP contribution in [0.15, 0.2) is 60.7 Å². The highest BCUT2D eigenvalue weighted by molar-refractivity contribution is 5.59. The molecule has 140 valence electrons. The molecule has 4 N–H and O–H groups in total. The number of anilines is 5. The number of rotatable bonds is 5. The number of nitrogen functional groups attached to an aromatic ring is 1. The van der Waals surface area contributed by atoms with E-state index in [1.54, 1.807) is 6.07 Å². The minimum Gasteiger partial charge on any atom is -0.368 e. The summed E-state index contributed by atoms with van der Waals surface area (Å²) < 4.78 is 1.49. The standard InChI is InChI=1S/C20H20N8/c1-13-7-6-10-16(11-13)25-20-26-19(21)28(27-20)18-12-17(22-14(2)23-18)24-15-8-4-3-5-9-15/h3-12H,1-2H3,(H,22,23,24)(H3,21,25,26,27). The molecule has 2 heterocycles. The molecule has 4 rings (SSSR count). The van der Waals surface area contributed by atoms with Crippen LogP contribution in [0.1, 0.15) is 11.4 Å². The average Bonchev–Trinajstić information content (AvgIpc) is 3.02. The highest BCUT2D eigenvalue weighted by atomic mass is 15.4. The lowest BCUT2D eigenvalue weighted by Gasteiger charge is -2.09. The average molecular weight is 372 g/mol. The van der Waals surface area contributed by atoms with E-state index in [0.717, 1.165) is 16.9 Å². The van der Waals surface area contributed by atoms with Gasteiger partial charge in [-0.15, -0.1) is 5.10 Å². The summed E-state index contributed by atoms with van der Waals surface area (Å²) in [5.74, 6) is 2.42. The molecule has 0 unspecified atom stereocenters. The third-order valence-electron chi connectivity index (χ3n) is 3.99. The largest absolute Gasteiger partial charge is 0.368 e. The van der Waals surface area contributed by atoms with Crippen LogP contribution in [0.4, 0.5) is 29.1 Å². The van der Waals surface area contributed by atoms with Gasteiger partial charge in [0.2, 0.25) is 11.9 Å². The van der Waals surface area contributed by atoms with Gasteiger partial charge in [-0.2, -0.15) is 9.67 Å². The third kappa shape index (κ3) is 3.90. The minimum absolute atomic E-state index is 0.235. The van der Waals surface area contributed by atoms with Crippen LogP contribution < -0.4 is 16.4 Å². The van der Waals surface area contributed by atoms with E-state index >= 15 is 0 Å². The van der Waals surface area contributed by atoms with Gasteiger partial charge in [-0.05, 0) is 43.7 Å². The van der Waals surface area contributed by atoms with Crippen molar-refractivity contribution in [2.24, 2.45) is 0 Å². The SMILES string of the molecule is Cc1cccc(Nc2nc(N)n(-c3cc(Nc4ccccc4)nc(C)n3)n2)c1.